The van der Waals surface area contributed by atoms with Gasteiger partial charge in [-0.2, -0.15) is 24.9 Å². The van der Waals surface area contributed by atoms with Crippen molar-refractivity contribution in [3.8, 4) is 11.1 Å². The van der Waals surface area contributed by atoms with Gasteiger partial charge in [-0.25, -0.2) is 9.59 Å². The number of carboxylic acid groups (broad SMARTS) is 1. The monoisotopic (exact) mass is 510 g/mol. The maximum atomic E-state index is 13.3. The van der Waals surface area contributed by atoms with E-state index in [-0.39, 0.29) is 18.9 Å². The Labute approximate surface area is 204 Å². The van der Waals surface area contributed by atoms with Gasteiger partial charge < -0.3 is 20.5 Å². The Bertz CT molecular complexity index is 1070. The van der Waals surface area contributed by atoms with Crippen molar-refractivity contribution in [1.29, 1.82) is 0 Å². The van der Waals surface area contributed by atoms with Gasteiger partial charge in [-0.05, 0) is 47.6 Å². The molecule has 7 nitrogen and oxygen atoms in total. The Balaban J connectivity index is 1.70. The van der Waals surface area contributed by atoms with Crippen molar-refractivity contribution in [2.75, 3.05) is 18.6 Å². The number of carbonyl (C=O) groups is 3. The third-order valence-corrected chi connectivity index (χ3v) is 6.57. The van der Waals surface area contributed by atoms with Gasteiger partial charge in [-0.1, -0.05) is 48.5 Å². The molecule has 1 unspecified atom stereocenters. The number of aliphatic carboxylic acids is 1. The Hall–Kier alpha value is -3.21. The molecule has 2 atom stereocenters. The lowest BCUT2D eigenvalue weighted by Gasteiger charge is -2.30. The average Bonchev–Trinajstić information content (AvgIpc) is 3.13. The molecule has 0 saturated carbocycles. The highest BCUT2D eigenvalue weighted by molar-refractivity contribution is 7.98. The Morgan fingerprint density at radius 1 is 1.06 bits per heavy atom. The number of carboxylic acids is 1. The Kier molecular flexibility index (Phi) is 7.99. The summed E-state index contributed by atoms with van der Waals surface area (Å²) in [7, 11) is 0. The van der Waals surface area contributed by atoms with Crippen LogP contribution in [-0.4, -0.2) is 59.4 Å². The smallest absolute Gasteiger partial charge is 0.422 e. The van der Waals surface area contributed by atoms with Crippen LogP contribution < -0.4 is 10.6 Å². The molecule has 2 aromatic carbocycles. The number of fused-ring (bicyclic) bond motifs is 3. The molecule has 1 aliphatic rings. The number of benzene rings is 2. The zero-order valence-electron chi connectivity index (χ0n) is 19.0. The molecule has 0 radical (unpaired) electrons. The molecule has 0 saturated heterocycles. The molecule has 11 heteroatoms. The molecule has 0 aliphatic heterocycles. The van der Waals surface area contributed by atoms with E-state index >= 15 is 0 Å². The molecule has 1 aliphatic carbocycles. The number of ether oxygens (including phenoxy) is 1. The maximum Gasteiger partial charge on any atom is 0.422 e. The molecule has 3 N–H and O–H groups in total. The highest BCUT2D eigenvalue weighted by atomic mass is 32.2. The minimum Gasteiger partial charge on any atom is -0.479 e. The number of hydrogen-bond donors (Lipinski definition) is 3. The van der Waals surface area contributed by atoms with E-state index < -0.39 is 35.7 Å². The largest absolute Gasteiger partial charge is 0.479 e. The third kappa shape index (κ3) is 5.55. The second-order valence-corrected chi connectivity index (χ2v) is 9.21. The van der Waals surface area contributed by atoms with Crippen molar-refractivity contribution in [3.05, 3.63) is 59.7 Å². The van der Waals surface area contributed by atoms with Gasteiger partial charge in [0.2, 0.25) is 11.4 Å². The summed E-state index contributed by atoms with van der Waals surface area (Å²) in [5, 5.41) is 12.9. The highest BCUT2D eigenvalue weighted by Crippen LogP contribution is 2.44. The van der Waals surface area contributed by atoms with Gasteiger partial charge in [0.15, 0.2) is 0 Å². The fourth-order valence-electron chi connectivity index (χ4n) is 3.87. The zero-order chi connectivity index (χ0) is 25.8. The molecule has 2 aromatic rings. The molecular formula is C24H25F3N2O5S. The standard InChI is InChI=1S/C24H25F3N2O5S/c1-23(21(31)32,24(25,26)27)29-20(30)19(11-12-35-2)28-22(33)34-13-18-16-9-5-3-7-14(16)15-8-4-6-10-17(15)18/h3-10,18-19H,11-13H2,1-2H3,(H,28,33)(H,29,30)(H,31,32)/t19-,23?/m0/s1. The predicted molar refractivity (Wildman–Crippen MR) is 125 cm³/mol. The fraction of sp³-hybridized carbons (Fsp3) is 0.375. The lowest BCUT2D eigenvalue weighted by Crippen LogP contribution is -2.64. The number of alkyl carbamates (subject to hydrolysis) is 1. The van der Waals surface area contributed by atoms with Gasteiger partial charge in [0.25, 0.3) is 0 Å². The van der Waals surface area contributed by atoms with Crippen LogP contribution in [0, 0.1) is 0 Å². The number of thioether (sulfide) groups is 1. The average molecular weight is 511 g/mol. The quantitative estimate of drug-likeness (QED) is 0.468. The van der Waals surface area contributed by atoms with Gasteiger partial charge in [0, 0.05) is 5.92 Å². The number of nitrogens with one attached hydrogen (secondary N) is 2. The van der Waals surface area contributed by atoms with Crippen molar-refractivity contribution < 1.29 is 37.4 Å². The van der Waals surface area contributed by atoms with E-state index in [1.807, 2.05) is 48.5 Å². The van der Waals surface area contributed by atoms with E-state index in [4.69, 9.17) is 9.84 Å². The lowest BCUT2D eigenvalue weighted by atomic mass is 9.98. The van der Waals surface area contributed by atoms with Crippen LogP contribution in [0.15, 0.2) is 48.5 Å². The molecule has 0 bridgehead atoms. The van der Waals surface area contributed by atoms with E-state index in [9.17, 15) is 27.6 Å². The van der Waals surface area contributed by atoms with Crippen molar-refractivity contribution in [2.24, 2.45) is 0 Å². The predicted octanol–water partition coefficient (Wildman–Crippen LogP) is 4.17. The molecule has 2 amide bonds. The van der Waals surface area contributed by atoms with Crippen LogP contribution >= 0.6 is 11.8 Å². The van der Waals surface area contributed by atoms with Crippen LogP contribution in [0.1, 0.15) is 30.4 Å². The van der Waals surface area contributed by atoms with Crippen molar-refractivity contribution in [2.45, 2.75) is 37.0 Å². The van der Waals surface area contributed by atoms with Crippen LogP contribution in [-0.2, 0) is 14.3 Å². The summed E-state index contributed by atoms with van der Waals surface area (Å²) < 4.78 is 45.3. The van der Waals surface area contributed by atoms with Gasteiger partial charge in [0.05, 0.1) is 0 Å². The summed E-state index contributed by atoms with van der Waals surface area (Å²) in [5.41, 5.74) is 0.481. The van der Waals surface area contributed by atoms with Crippen LogP contribution in [0.5, 0.6) is 0 Å². The van der Waals surface area contributed by atoms with Crippen LogP contribution in [0.25, 0.3) is 11.1 Å². The molecule has 0 spiro atoms. The SMILES string of the molecule is CSCC[C@H](NC(=O)OCC1c2ccccc2-c2ccccc21)C(=O)NC(C)(C(=O)O)C(F)(F)F. The van der Waals surface area contributed by atoms with E-state index in [1.165, 1.54) is 17.1 Å². The number of halogens is 3. The van der Waals surface area contributed by atoms with E-state index in [0.717, 1.165) is 22.3 Å². The topological polar surface area (TPSA) is 105 Å². The summed E-state index contributed by atoms with van der Waals surface area (Å²) in [6, 6.07) is 14.0. The minimum absolute atomic E-state index is 0.0231. The Morgan fingerprint density at radius 2 is 1.60 bits per heavy atom. The second-order valence-electron chi connectivity index (χ2n) is 8.22. The number of hydrogen-bond acceptors (Lipinski definition) is 5. The number of carbonyl (C=O) groups excluding carboxylic acids is 2. The number of alkyl halides is 3. The van der Waals surface area contributed by atoms with Gasteiger partial charge in [0.1, 0.15) is 12.6 Å². The molecule has 35 heavy (non-hydrogen) atoms. The summed E-state index contributed by atoms with van der Waals surface area (Å²) in [5.74, 6) is -3.44. The summed E-state index contributed by atoms with van der Waals surface area (Å²) in [4.78, 5) is 36.4. The summed E-state index contributed by atoms with van der Waals surface area (Å²) in [6.45, 7) is 0.304. The van der Waals surface area contributed by atoms with Crippen molar-refractivity contribution in [1.82, 2.24) is 10.6 Å². The molecule has 0 aromatic heterocycles. The molecule has 0 heterocycles. The van der Waals surface area contributed by atoms with Gasteiger partial charge >= 0.3 is 18.2 Å². The second kappa shape index (κ2) is 10.6. The van der Waals surface area contributed by atoms with E-state index in [2.05, 4.69) is 5.32 Å². The first-order valence-electron chi connectivity index (χ1n) is 10.7. The van der Waals surface area contributed by atoms with Crippen LogP contribution in [0.3, 0.4) is 0 Å². The number of amides is 2. The van der Waals surface area contributed by atoms with Crippen LogP contribution in [0.2, 0.25) is 0 Å². The maximum absolute atomic E-state index is 13.3. The molecule has 3 rings (SSSR count). The fourth-order valence-corrected chi connectivity index (χ4v) is 4.34. The van der Waals surface area contributed by atoms with E-state index in [0.29, 0.717) is 12.7 Å². The molecular weight excluding hydrogens is 485 g/mol. The normalized spacial score (nSPS) is 15.3. The zero-order valence-corrected chi connectivity index (χ0v) is 19.8. The lowest BCUT2D eigenvalue weighted by molar-refractivity contribution is -0.207. The molecule has 188 valence electrons. The molecule has 0 fully saturated rings. The van der Waals surface area contributed by atoms with Gasteiger partial charge in [-0.3, -0.25) is 4.79 Å². The highest BCUT2D eigenvalue weighted by Gasteiger charge is 2.58. The minimum atomic E-state index is -5.25. The third-order valence-electron chi connectivity index (χ3n) is 5.93. The summed E-state index contributed by atoms with van der Waals surface area (Å²) >= 11 is 1.31. The first-order chi connectivity index (χ1) is 16.5. The van der Waals surface area contributed by atoms with Crippen molar-refractivity contribution >= 4 is 29.7 Å². The Morgan fingerprint density at radius 3 is 2.09 bits per heavy atom. The first kappa shape index (κ1) is 26.4. The van der Waals surface area contributed by atoms with Crippen LogP contribution in [0.4, 0.5) is 18.0 Å². The van der Waals surface area contributed by atoms with Crippen molar-refractivity contribution in [3.63, 3.8) is 0 Å². The van der Waals surface area contributed by atoms with E-state index in [1.54, 1.807) is 6.26 Å². The van der Waals surface area contributed by atoms with Gasteiger partial charge in [-0.15, -0.1) is 0 Å². The first-order valence-corrected chi connectivity index (χ1v) is 12.1. The number of rotatable bonds is 9. The summed E-state index contributed by atoms with van der Waals surface area (Å²) in [6.07, 6.45) is -4.54.